The summed E-state index contributed by atoms with van der Waals surface area (Å²) in [6.45, 7) is 1.97. The monoisotopic (exact) mass is 427 g/mol. The number of ether oxygens (including phenoxy) is 2. The minimum Gasteiger partial charge on any atom is -0.496 e. The number of esters is 1. The molecule has 0 aromatic heterocycles. The molecule has 4 rings (SSSR count). The number of amidine groups is 1. The molecule has 8 heteroatoms. The van der Waals surface area contributed by atoms with E-state index in [1.54, 1.807) is 7.11 Å². The number of para-hydroxylation sites is 1. The zero-order valence-electron chi connectivity index (χ0n) is 17.3. The van der Waals surface area contributed by atoms with Crippen molar-refractivity contribution in [2.45, 2.75) is 44.7 Å². The fraction of sp³-hybridized carbons (Fsp3) is 0.409. The van der Waals surface area contributed by atoms with E-state index in [1.807, 2.05) is 41.5 Å². The summed E-state index contributed by atoms with van der Waals surface area (Å²) in [5.74, 6) is 0.220. The molecule has 1 aromatic rings. The summed E-state index contributed by atoms with van der Waals surface area (Å²) in [4.78, 5) is 32.1. The van der Waals surface area contributed by atoms with Gasteiger partial charge in [0.25, 0.3) is 0 Å². The van der Waals surface area contributed by atoms with Crippen molar-refractivity contribution >= 4 is 28.8 Å². The molecule has 158 valence electrons. The molecule has 7 nitrogen and oxygen atoms in total. The van der Waals surface area contributed by atoms with Gasteiger partial charge in [-0.25, -0.2) is 9.79 Å². The number of carbonyl (C=O) groups is 2. The highest BCUT2D eigenvalue weighted by molar-refractivity contribution is 8.16. The smallest absolute Gasteiger partial charge is 0.338 e. The van der Waals surface area contributed by atoms with Crippen LogP contribution in [0, 0.1) is 0 Å². The third kappa shape index (κ3) is 3.84. The lowest BCUT2D eigenvalue weighted by molar-refractivity contribution is -0.136. The first-order chi connectivity index (χ1) is 14.6. The lowest BCUT2D eigenvalue weighted by Gasteiger charge is -2.37. The van der Waals surface area contributed by atoms with Gasteiger partial charge in [-0.15, -0.1) is 0 Å². The van der Waals surface area contributed by atoms with Crippen LogP contribution in [0.25, 0.3) is 0 Å². The van der Waals surface area contributed by atoms with E-state index >= 15 is 0 Å². The van der Waals surface area contributed by atoms with E-state index in [-0.39, 0.29) is 12.3 Å². The molecule has 1 saturated carbocycles. The van der Waals surface area contributed by atoms with Crippen LogP contribution in [0.2, 0.25) is 0 Å². The summed E-state index contributed by atoms with van der Waals surface area (Å²) in [5.41, 5.74) is 2.80. The van der Waals surface area contributed by atoms with Crippen LogP contribution in [-0.4, -0.2) is 42.2 Å². The standard InChI is InChI=1S/C22H25N3O4S/c1-4-16-19(21(27)29-3)20(15-7-5-6-8-17(15)28-2)25-14(12-30-22(25)24-16)11-18(26)23-13-9-10-13/h5-8,12-13,20H,4,9-11H2,1-3H3,(H,23,26)/t20-/m0/s1. The average Bonchev–Trinajstić information content (AvgIpc) is 3.50. The van der Waals surface area contributed by atoms with Crippen LogP contribution in [0.1, 0.15) is 44.2 Å². The van der Waals surface area contributed by atoms with Crippen molar-refractivity contribution in [2.24, 2.45) is 4.99 Å². The Morgan fingerprint density at radius 3 is 2.70 bits per heavy atom. The Labute approximate surface area is 180 Å². The number of fused-ring (bicyclic) bond motifs is 1. The van der Waals surface area contributed by atoms with Gasteiger partial charge < -0.3 is 19.7 Å². The second-order valence-corrected chi connectivity index (χ2v) is 8.20. The van der Waals surface area contributed by atoms with Crippen molar-refractivity contribution in [1.82, 2.24) is 10.2 Å². The van der Waals surface area contributed by atoms with Crippen molar-refractivity contribution in [3.8, 4) is 5.75 Å². The van der Waals surface area contributed by atoms with Crippen LogP contribution in [0.5, 0.6) is 5.75 Å². The Balaban J connectivity index is 1.78. The van der Waals surface area contributed by atoms with Gasteiger partial charge in [-0.2, -0.15) is 0 Å². The SMILES string of the molecule is CCC1=C(C(=O)OC)[C@H](c2ccccc2OC)N2C(CC(=O)NC3CC3)=CSC2=N1. The largest absolute Gasteiger partial charge is 0.496 e. The highest BCUT2D eigenvalue weighted by Crippen LogP contribution is 2.47. The van der Waals surface area contributed by atoms with Crippen molar-refractivity contribution in [1.29, 1.82) is 0 Å². The summed E-state index contributed by atoms with van der Waals surface area (Å²) in [6.07, 6.45) is 2.89. The molecule has 1 N–H and O–H groups in total. The molecular weight excluding hydrogens is 402 g/mol. The van der Waals surface area contributed by atoms with Crippen LogP contribution >= 0.6 is 11.8 Å². The highest BCUT2D eigenvalue weighted by Gasteiger charge is 2.42. The first kappa shape index (κ1) is 20.5. The molecule has 0 unspecified atom stereocenters. The number of aliphatic imine (C=N–C) groups is 1. The Kier molecular flexibility index (Phi) is 5.85. The molecule has 1 amide bonds. The lowest BCUT2D eigenvalue weighted by Crippen LogP contribution is -2.38. The number of rotatable bonds is 7. The van der Waals surface area contributed by atoms with Gasteiger partial charge in [0.05, 0.1) is 38.0 Å². The van der Waals surface area contributed by atoms with Crippen LogP contribution in [0.3, 0.4) is 0 Å². The van der Waals surface area contributed by atoms with Crippen molar-refractivity contribution < 1.29 is 19.1 Å². The second kappa shape index (κ2) is 8.55. The number of methoxy groups -OCH3 is 2. The van der Waals surface area contributed by atoms with E-state index in [0.717, 1.165) is 29.3 Å². The van der Waals surface area contributed by atoms with E-state index in [2.05, 4.69) is 5.32 Å². The molecule has 1 atom stereocenters. The third-order valence-corrected chi connectivity index (χ3v) is 6.24. The summed E-state index contributed by atoms with van der Waals surface area (Å²) < 4.78 is 10.7. The number of benzene rings is 1. The average molecular weight is 428 g/mol. The van der Waals surface area contributed by atoms with Gasteiger partial charge >= 0.3 is 5.97 Å². The lowest BCUT2D eigenvalue weighted by atomic mass is 9.92. The summed E-state index contributed by atoms with van der Waals surface area (Å²) >= 11 is 1.47. The molecule has 0 radical (unpaired) electrons. The molecular formula is C22H25N3O4S. The van der Waals surface area contributed by atoms with E-state index in [9.17, 15) is 9.59 Å². The zero-order chi connectivity index (χ0) is 21.3. The zero-order valence-corrected chi connectivity index (χ0v) is 18.1. The van der Waals surface area contributed by atoms with E-state index in [1.165, 1.54) is 18.9 Å². The molecule has 0 bridgehead atoms. The number of nitrogens with one attached hydrogen (secondary N) is 1. The number of carbonyl (C=O) groups excluding carboxylic acids is 2. The van der Waals surface area contributed by atoms with Crippen LogP contribution in [-0.2, 0) is 14.3 Å². The summed E-state index contributed by atoms with van der Waals surface area (Å²) in [7, 11) is 2.98. The summed E-state index contributed by atoms with van der Waals surface area (Å²) in [5, 5.41) is 5.73. The van der Waals surface area contributed by atoms with Crippen molar-refractivity contribution in [3.05, 3.63) is 52.2 Å². The van der Waals surface area contributed by atoms with Gasteiger partial charge in [0.2, 0.25) is 5.91 Å². The molecule has 1 aliphatic carbocycles. The number of allylic oxidation sites excluding steroid dienone is 1. The first-order valence-electron chi connectivity index (χ1n) is 10.0. The summed E-state index contributed by atoms with van der Waals surface area (Å²) in [6, 6.07) is 7.42. The van der Waals surface area contributed by atoms with Gasteiger partial charge in [0.15, 0.2) is 5.17 Å². The maximum absolute atomic E-state index is 12.9. The van der Waals surface area contributed by atoms with Gasteiger partial charge in [-0.05, 0) is 30.7 Å². The Hall–Kier alpha value is -2.74. The van der Waals surface area contributed by atoms with E-state index < -0.39 is 12.0 Å². The fourth-order valence-corrected chi connectivity index (χ4v) is 4.71. The topological polar surface area (TPSA) is 80.2 Å². The van der Waals surface area contributed by atoms with Gasteiger partial charge in [-0.3, -0.25) is 4.79 Å². The Bertz CT molecular complexity index is 965. The Morgan fingerprint density at radius 1 is 1.27 bits per heavy atom. The predicted molar refractivity (Wildman–Crippen MR) is 116 cm³/mol. The predicted octanol–water partition coefficient (Wildman–Crippen LogP) is 3.50. The fourth-order valence-electron chi connectivity index (χ4n) is 3.77. The molecule has 2 aliphatic heterocycles. The van der Waals surface area contributed by atoms with Crippen molar-refractivity contribution in [2.75, 3.05) is 14.2 Å². The number of hydrogen-bond donors (Lipinski definition) is 1. The van der Waals surface area contributed by atoms with Crippen LogP contribution in [0.15, 0.2) is 51.6 Å². The molecule has 0 spiro atoms. The normalized spacial score (nSPS) is 20.4. The second-order valence-electron chi connectivity index (χ2n) is 7.36. The molecule has 2 heterocycles. The number of thioether (sulfide) groups is 1. The molecule has 1 aromatic carbocycles. The maximum atomic E-state index is 12.9. The molecule has 0 saturated heterocycles. The molecule has 30 heavy (non-hydrogen) atoms. The van der Waals surface area contributed by atoms with Crippen LogP contribution in [0.4, 0.5) is 0 Å². The minimum atomic E-state index is -0.481. The van der Waals surface area contributed by atoms with Crippen LogP contribution < -0.4 is 10.1 Å². The maximum Gasteiger partial charge on any atom is 0.338 e. The van der Waals surface area contributed by atoms with Gasteiger partial charge in [0.1, 0.15) is 5.75 Å². The number of nitrogens with zero attached hydrogens (tertiary/aromatic N) is 2. The molecule has 3 aliphatic rings. The first-order valence-corrected chi connectivity index (χ1v) is 10.9. The van der Waals surface area contributed by atoms with Gasteiger partial charge in [-0.1, -0.05) is 36.9 Å². The third-order valence-electron chi connectivity index (χ3n) is 5.35. The Morgan fingerprint density at radius 2 is 2.03 bits per heavy atom. The van der Waals surface area contributed by atoms with Crippen molar-refractivity contribution in [3.63, 3.8) is 0 Å². The number of amides is 1. The highest BCUT2D eigenvalue weighted by atomic mass is 32.2. The minimum absolute atomic E-state index is 0.0192. The molecule has 1 fully saturated rings. The number of hydrogen-bond acceptors (Lipinski definition) is 7. The van der Waals surface area contributed by atoms with E-state index in [4.69, 9.17) is 14.5 Å². The quantitative estimate of drug-likeness (QED) is 0.671. The van der Waals surface area contributed by atoms with Gasteiger partial charge in [0, 0.05) is 17.3 Å². The van der Waals surface area contributed by atoms with E-state index in [0.29, 0.717) is 29.5 Å².